The van der Waals surface area contributed by atoms with Crippen LogP contribution in [0.15, 0.2) is 71.0 Å². The lowest BCUT2D eigenvalue weighted by Gasteiger charge is -2.37. The number of carbonyl (C=O) groups is 1. The number of halogens is 4. The summed E-state index contributed by atoms with van der Waals surface area (Å²) in [6.45, 7) is 0.667. The number of anilines is 1. The summed E-state index contributed by atoms with van der Waals surface area (Å²) < 4.78 is 78.4. The third-order valence-corrected chi connectivity index (χ3v) is 9.02. The Labute approximate surface area is 257 Å². The second kappa shape index (κ2) is 11.4. The molecule has 0 bridgehead atoms. The maximum absolute atomic E-state index is 14.3. The zero-order valence-corrected chi connectivity index (χ0v) is 25.0. The minimum Gasteiger partial charge on any atom is -0.506 e. The number of aliphatic hydroxyl groups is 2. The fourth-order valence-electron chi connectivity index (χ4n) is 4.85. The third-order valence-electron chi connectivity index (χ3n) is 7.12. The minimum absolute atomic E-state index is 0.0952. The summed E-state index contributed by atoms with van der Waals surface area (Å²) in [4.78, 5) is 29.1. The summed E-state index contributed by atoms with van der Waals surface area (Å²) in [7, 11) is -4.85. The molecule has 1 aromatic heterocycles. The Kier molecular flexibility index (Phi) is 8.17. The molecule has 0 saturated heterocycles. The monoisotopic (exact) mass is 672 g/mol. The molecule has 45 heavy (non-hydrogen) atoms. The normalized spacial score (nSPS) is 24.4. The predicted octanol–water partition coefficient (Wildman–Crippen LogP) is 4.31. The van der Waals surface area contributed by atoms with Gasteiger partial charge in [-0.15, -0.1) is 0 Å². The highest BCUT2D eigenvalue weighted by Gasteiger charge is 2.52. The second-order valence-corrected chi connectivity index (χ2v) is 12.5. The topological polar surface area (TPSA) is 184 Å². The van der Waals surface area contributed by atoms with Gasteiger partial charge in [0, 0.05) is 16.8 Å². The SMILES string of the molecule is CC1(NP(=O)(OCC2=C(O)[C@@](C)(O)C(n3ccc(N)nc3=O)O2)Oc2ccc(Cl)cc2)C(=O)OCc2c(C(F)(F)F)cccc21. The van der Waals surface area contributed by atoms with Crippen molar-refractivity contribution >= 4 is 31.1 Å². The lowest BCUT2D eigenvalue weighted by atomic mass is 9.85. The van der Waals surface area contributed by atoms with Crippen molar-refractivity contribution < 1.29 is 51.3 Å². The van der Waals surface area contributed by atoms with E-state index in [4.69, 9.17) is 35.9 Å². The summed E-state index contributed by atoms with van der Waals surface area (Å²) in [6.07, 6.45) is -5.20. The number of esters is 1. The van der Waals surface area contributed by atoms with E-state index in [0.29, 0.717) is 0 Å². The van der Waals surface area contributed by atoms with Gasteiger partial charge in [-0.3, -0.25) is 9.09 Å². The standard InChI is InChI=1S/C27H25ClF3N4O9P/c1-25(17-4-3-5-18(27(29,30)31)16(17)12-41-23(25)37)34-45(40,44-15-8-6-14(28)7-9-15)42-13-19-21(36)26(2,39)22(43-19)35-11-10-20(32)33-24(35)38/h3-11,22,36,39H,12-13H2,1-2H3,(H,34,40)(H2,32,33,38)/t22?,25?,26-,45?/m1/s1. The summed E-state index contributed by atoms with van der Waals surface area (Å²) in [6, 6.07) is 9.76. The molecule has 2 aliphatic rings. The molecule has 5 rings (SSSR count). The number of cyclic esters (lactones) is 1. The van der Waals surface area contributed by atoms with Gasteiger partial charge >= 0.3 is 25.6 Å². The Hall–Kier alpha value is -4.08. The van der Waals surface area contributed by atoms with E-state index in [1.165, 1.54) is 42.6 Å². The Morgan fingerprint density at radius 1 is 1.20 bits per heavy atom. The van der Waals surface area contributed by atoms with Crippen molar-refractivity contribution in [3.8, 4) is 5.75 Å². The van der Waals surface area contributed by atoms with E-state index in [2.05, 4.69) is 10.1 Å². The van der Waals surface area contributed by atoms with Gasteiger partial charge in [0.25, 0.3) is 0 Å². The lowest BCUT2D eigenvalue weighted by molar-refractivity contribution is -0.156. The van der Waals surface area contributed by atoms with Crippen LogP contribution in [-0.4, -0.2) is 37.9 Å². The van der Waals surface area contributed by atoms with Crippen LogP contribution in [0.4, 0.5) is 19.0 Å². The van der Waals surface area contributed by atoms with E-state index < -0.39 is 73.2 Å². The van der Waals surface area contributed by atoms with Gasteiger partial charge in [-0.05, 0) is 55.8 Å². The van der Waals surface area contributed by atoms with Crippen molar-refractivity contribution in [1.29, 1.82) is 0 Å². The molecule has 0 aliphatic carbocycles. The van der Waals surface area contributed by atoms with E-state index in [9.17, 15) is 37.5 Å². The number of ether oxygens (including phenoxy) is 2. The third kappa shape index (κ3) is 6.11. The first kappa shape index (κ1) is 32.3. The average Bonchev–Trinajstić information content (AvgIpc) is 3.18. The second-order valence-electron chi connectivity index (χ2n) is 10.4. The molecule has 0 fully saturated rings. The number of carbonyl (C=O) groups excluding carboxylic acids is 1. The highest BCUT2D eigenvalue weighted by molar-refractivity contribution is 7.52. The maximum Gasteiger partial charge on any atom is 0.460 e. The predicted molar refractivity (Wildman–Crippen MR) is 151 cm³/mol. The highest BCUT2D eigenvalue weighted by atomic mass is 35.5. The van der Waals surface area contributed by atoms with Crippen LogP contribution in [0, 0.1) is 0 Å². The van der Waals surface area contributed by atoms with Crippen LogP contribution < -0.4 is 21.0 Å². The number of nitrogens with two attached hydrogens (primary N) is 1. The first-order valence-corrected chi connectivity index (χ1v) is 14.9. The van der Waals surface area contributed by atoms with Crippen LogP contribution in [0.5, 0.6) is 5.75 Å². The van der Waals surface area contributed by atoms with E-state index in [0.717, 1.165) is 30.5 Å². The van der Waals surface area contributed by atoms with Crippen LogP contribution in [0.2, 0.25) is 5.02 Å². The summed E-state index contributed by atoms with van der Waals surface area (Å²) in [5.41, 5.74) is -1.47. The summed E-state index contributed by atoms with van der Waals surface area (Å²) >= 11 is 5.93. The van der Waals surface area contributed by atoms with Crippen LogP contribution in [-0.2, 0) is 41.7 Å². The van der Waals surface area contributed by atoms with Crippen LogP contribution in [0.3, 0.4) is 0 Å². The molecule has 5 N–H and O–H groups in total. The highest BCUT2D eigenvalue weighted by Crippen LogP contribution is 2.52. The van der Waals surface area contributed by atoms with Crippen LogP contribution >= 0.6 is 19.3 Å². The van der Waals surface area contributed by atoms with E-state index in [-0.39, 0.29) is 27.7 Å². The number of nitrogens with zero attached hydrogens (tertiary/aromatic N) is 2. The van der Waals surface area contributed by atoms with Crippen molar-refractivity contribution in [3.63, 3.8) is 0 Å². The minimum atomic E-state index is -4.85. The van der Waals surface area contributed by atoms with Gasteiger partial charge in [0.1, 0.15) is 30.3 Å². The average molecular weight is 673 g/mol. The van der Waals surface area contributed by atoms with Gasteiger partial charge in [-0.1, -0.05) is 23.7 Å². The molecule has 3 aromatic rings. The number of aliphatic hydroxyl groups excluding tert-OH is 1. The Bertz CT molecular complexity index is 1800. The molecule has 2 aliphatic heterocycles. The molecule has 2 aromatic carbocycles. The maximum atomic E-state index is 14.3. The van der Waals surface area contributed by atoms with Crippen molar-refractivity contribution in [2.75, 3.05) is 12.3 Å². The number of nitrogens with one attached hydrogen (secondary N) is 1. The van der Waals surface area contributed by atoms with E-state index in [1.807, 2.05) is 0 Å². The van der Waals surface area contributed by atoms with E-state index in [1.54, 1.807) is 0 Å². The Morgan fingerprint density at radius 3 is 2.53 bits per heavy atom. The summed E-state index contributed by atoms with van der Waals surface area (Å²) in [5.74, 6) is -2.60. The lowest BCUT2D eigenvalue weighted by Crippen LogP contribution is -2.50. The summed E-state index contributed by atoms with van der Waals surface area (Å²) in [5, 5.41) is 24.5. The fraction of sp³-hybridized carbons (Fsp3) is 0.296. The fourth-order valence-corrected chi connectivity index (χ4v) is 6.58. The van der Waals surface area contributed by atoms with Crippen molar-refractivity contribution in [2.45, 2.75) is 44.0 Å². The number of fused-ring (bicyclic) bond motifs is 1. The van der Waals surface area contributed by atoms with Gasteiger partial charge in [-0.2, -0.15) is 23.2 Å². The quantitative estimate of drug-likeness (QED) is 0.197. The Balaban J connectivity index is 1.50. The van der Waals surface area contributed by atoms with Gasteiger partial charge in [0.2, 0.25) is 6.23 Å². The molecule has 18 heteroatoms. The van der Waals surface area contributed by atoms with Crippen molar-refractivity contribution in [3.05, 3.63) is 98.4 Å². The molecule has 240 valence electrons. The molecule has 0 radical (unpaired) electrons. The first-order chi connectivity index (χ1) is 20.9. The molecule has 3 heterocycles. The molecule has 13 nitrogen and oxygen atoms in total. The molecular weight excluding hydrogens is 648 g/mol. The molecule has 0 amide bonds. The molecule has 0 spiro atoms. The smallest absolute Gasteiger partial charge is 0.460 e. The zero-order chi connectivity index (χ0) is 32.9. The van der Waals surface area contributed by atoms with Crippen molar-refractivity contribution in [1.82, 2.24) is 14.6 Å². The zero-order valence-electron chi connectivity index (χ0n) is 23.4. The van der Waals surface area contributed by atoms with Gasteiger partial charge in [0.15, 0.2) is 17.1 Å². The largest absolute Gasteiger partial charge is 0.506 e. The molecule has 0 saturated carbocycles. The number of alkyl halides is 3. The first-order valence-electron chi connectivity index (χ1n) is 13.0. The number of aromatic nitrogens is 2. The Morgan fingerprint density at radius 2 is 1.89 bits per heavy atom. The van der Waals surface area contributed by atoms with Crippen LogP contribution in [0.1, 0.15) is 36.8 Å². The van der Waals surface area contributed by atoms with Gasteiger partial charge < -0.3 is 29.9 Å². The molecule has 3 unspecified atom stereocenters. The van der Waals surface area contributed by atoms with Crippen LogP contribution in [0.25, 0.3) is 0 Å². The number of hydrogen-bond donors (Lipinski definition) is 4. The molecule has 4 atom stereocenters. The number of benzene rings is 2. The van der Waals surface area contributed by atoms with Crippen molar-refractivity contribution in [2.24, 2.45) is 0 Å². The molecular formula is C27H25ClF3N4O9P. The van der Waals surface area contributed by atoms with Gasteiger partial charge in [-0.25, -0.2) is 14.2 Å². The van der Waals surface area contributed by atoms with E-state index >= 15 is 0 Å². The van der Waals surface area contributed by atoms with Gasteiger partial charge in [0.05, 0.1) is 5.56 Å². The number of hydrogen-bond acceptors (Lipinski definition) is 11. The number of rotatable bonds is 8. The number of nitrogen functional groups attached to an aromatic ring is 1.